The first kappa shape index (κ1) is 17.4. The van der Waals surface area contributed by atoms with Crippen LogP contribution < -0.4 is 16.4 Å². The van der Waals surface area contributed by atoms with Gasteiger partial charge in [-0.25, -0.2) is 0 Å². The minimum absolute atomic E-state index is 0.0101. The third-order valence-corrected chi connectivity index (χ3v) is 5.45. The smallest absolute Gasteiger partial charge is 0.163 e. The van der Waals surface area contributed by atoms with Crippen molar-refractivity contribution in [2.45, 2.75) is 24.3 Å². The summed E-state index contributed by atoms with van der Waals surface area (Å²) in [5.41, 5.74) is 8.06. The molecule has 0 radical (unpaired) electrons. The van der Waals surface area contributed by atoms with Gasteiger partial charge in [0.1, 0.15) is 0 Å². The number of para-hydroxylation sites is 1. The SMILES string of the molecule is NC(CCNCc1ccc2ccccc2n1)C(=O)C1CNCCS1. The second-order valence-corrected chi connectivity index (χ2v) is 7.34. The average Bonchev–Trinajstić information content (AvgIpc) is 2.65. The highest BCUT2D eigenvalue weighted by molar-refractivity contribution is 8.00. The number of hydrogen-bond donors (Lipinski definition) is 3. The molecule has 24 heavy (non-hydrogen) atoms. The maximum atomic E-state index is 12.3. The van der Waals surface area contributed by atoms with E-state index in [1.807, 2.05) is 24.3 Å². The van der Waals surface area contributed by atoms with E-state index in [1.54, 1.807) is 11.8 Å². The molecular formula is C18H24N4OS. The fourth-order valence-corrected chi connectivity index (χ4v) is 3.93. The summed E-state index contributed by atoms with van der Waals surface area (Å²) in [6, 6.07) is 11.8. The number of pyridine rings is 1. The molecular weight excluding hydrogens is 320 g/mol. The minimum atomic E-state index is -0.389. The van der Waals surface area contributed by atoms with Gasteiger partial charge in [-0.05, 0) is 25.1 Å². The number of ketones is 1. The summed E-state index contributed by atoms with van der Waals surface area (Å²) in [6.07, 6.45) is 0.656. The summed E-state index contributed by atoms with van der Waals surface area (Å²) in [4.78, 5) is 16.9. The summed E-state index contributed by atoms with van der Waals surface area (Å²) < 4.78 is 0. The van der Waals surface area contributed by atoms with E-state index in [-0.39, 0.29) is 17.1 Å². The van der Waals surface area contributed by atoms with Gasteiger partial charge in [0.05, 0.1) is 22.5 Å². The normalized spacial score (nSPS) is 19.3. The first-order valence-corrected chi connectivity index (χ1v) is 9.46. The second kappa shape index (κ2) is 8.58. The topological polar surface area (TPSA) is 80.0 Å². The molecule has 128 valence electrons. The number of Topliss-reactive ketones (excluding diaryl/α,β-unsaturated/α-hetero) is 1. The van der Waals surface area contributed by atoms with E-state index in [1.165, 1.54) is 0 Å². The molecule has 1 aromatic heterocycles. The van der Waals surface area contributed by atoms with Crippen molar-refractivity contribution < 1.29 is 4.79 Å². The van der Waals surface area contributed by atoms with Crippen LogP contribution >= 0.6 is 11.8 Å². The number of hydrogen-bond acceptors (Lipinski definition) is 6. The lowest BCUT2D eigenvalue weighted by atomic mass is 10.1. The minimum Gasteiger partial charge on any atom is -0.321 e. The van der Waals surface area contributed by atoms with Crippen molar-refractivity contribution in [3.63, 3.8) is 0 Å². The number of rotatable bonds is 7. The van der Waals surface area contributed by atoms with Gasteiger partial charge in [-0.3, -0.25) is 9.78 Å². The van der Waals surface area contributed by atoms with Crippen LogP contribution in [0.5, 0.6) is 0 Å². The summed E-state index contributed by atoms with van der Waals surface area (Å²) in [7, 11) is 0. The third kappa shape index (κ3) is 4.54. The predicted molar refractivity (Wildman–Crippen MR) is 100 cm³/mol. The van der Waals surface area contributed by atoms with E-state index in [2.05, 4.69) is 27.8 Å². The zero-order valence-corrected chi connectivity index (χ0v) is 14.5. The van der Waals surface area contributed by atoms with Crippen molar-refractivity contribution in [3.05, 3.63) is 42.1 Å². The molecule has 0 amide bonds. The van der Waals surface area contributed by atoms with Gasteiger partial charge in [-0.2, -0.15) is 0 Å². The lowest BCUT2D eigenvalue weighted by Crippen LogP contribution is -2.45. The Morgan fingerprint density at radius 2 is 2.25 bits per heavy atom. The monoisotopic (exact) mass is 344 g/mol. The number of nitrogens with zero attached hydrogens (tertiary/aromatic N) is 1. The Morgan fingerprint density at radius 3 is 3.08 bits per heavy atom. The molecule has 2 atom stereocenters. The number of nitrogens with two attached hydrogens (primary N) is 1. The maximum Gasteiger partial charge on any atom is 0.163 e. The Kier molecular flexibility index (Phi) is 6.20. The molecule has 1 fully saturated rings. The number of thioether (sulfide) groups is 1. The van der Waals surface area contributed by atoms with Gasteiger partial charge in [0.15, 0.2) is 5.78 Å². The zero-order chi connectivity index (χ0) is 16.8. The summed E-state index contributed by atoms with van der Waals surface area (Å²) in [6.45, 7) is 3.12. The Hall–Kier alpha value is -1.47. The first-order valence-electron chi connectivity index (χ1n) is 8.41. The summed E-state index contributed by atoms with van der Waals surface area (Å²) in [5.74, 6) is 1.15. The zero-order valence-electron chi connectivity index (χ0n) is 13.7. The number of carbonyl (C=O) groups excluding carboxylic acids is 1. The van der Waals surface area contributed by atoms with Gasteiger partial charge in [0, 0.05) is 30.8 Å². The van der Waals surface area contributed by atoms with E-state index in [0.29, 0.717) is 19.5 Å². The molecule has 2 unspecified atom stereocenters. The third-order valence-electron chi connectivity index (χ3n) is 4.20. The number of carbonyl (C=O) groups is 1. The number of nitrogens with one attached hydrogen (secondary N) is 2. The molecule has 1 aliphatic rings. The van der Waals surface area contributed by atoms with Gasteiger partial charge < -0.3 is 16.4 Å². The van der Waals surface area contributed by atoms with E-state index in [9.17, 15) is 4.79 Å². The van der Waals surface area contributed by atoms with E-state index in [4.69, 9.17) is 5.73 Å². The van der Waals surface area contributed by atoms with Crippen molar-refractivity contribution in [2.24, 2.45) is 5.73 Å². The lowest BCUT2D eigenvalue weighted by molar-refractivity contribution is -0.119. The fourth-order valence-electron chi connectivity index (χ4n) is 2.81. The highest BCUT2D eigenvalue weighted by atomic mass is 32.2. The Labute approximate surface area is 146 Å². The van der Waals surface area contributed by atoms with E-state index < -0.39 is 0 Å². The van der Waals surface area contributed by atoms with Crippen LogP contribution in [0.1, 0.15) is 12.1 Å². The molecule has 3 rings (SSSR count). The number of aromatic nitrogens is 1. The number of benzene rings is 1. The van der Waals surface area contributed by atoms with Gasteiger partial charge >= 0.3 is 0 Å². The van der Waals surface area contributed by atoms with E-state index >= 15 is 0 Å². The quantitative estimate of drug-likeness (QED) is 0.657. The van der Waals surface area contributed by atoms with Crippen molar-refractivity contribution >= 4 is 28.4 Å². The molecule has 2 aromatic rings. The van der Waals surface area contributed by atoms with Crippen LogP contribution in [0.25, 0.3) is 10.9 Å². The molecule has 0 saturated carbocycles. The Morgan fingerprint density at radius 1 is 1.38 bits per heavy atom. The molecule has 0 spiro atoms. The molecule has 0 bridgehead atoms. The first-order chi connectivity index (χ1) is 11.7. The van der Waals surface area contributed by atoms with Crippen molar-refractivity contribution in [1.82, 2.24) is 15.6 Å². The van der Waals surface area contributed by atoms with Gasteiger partial charge in [0.2, 0.25) is 0 Å². The van der Waals surface area contributed by atoms with Crippen LogP contribution in [0.3, 0.4) is 0 Å². The lowest BCUT2D eigenvalue weighted by Gasteiger charge is -2.23. The maximum absolute atomic E-state index is 12.3. The largest absolute Gasteiger partial charge is 0.321 e. The second-order valence-electron chi connectivity index (χ2n) is 6.03. The van der Waals surface area contributed by atoms with Crippen LogP contribution in [0, 0.1) is 0 Å². The molecule has 5 nitrogen and oxygen atoms in total. The molecule has 2 heterocycles. The van der Waals surface area contributed by atoms with E-state index in [0.717, 1.165) is 35.4 Å². The standard InChI is InChI=1S/C18H24N4OS/c19-15(18(23)17-12-21-9-10-24-17)7-8-20-11-14-6-5-13-3-1-2-4-16(13)22-14/h1-6,15,17,20-21H,7-12,19H2. The molecule has 1 aliphatic heterocycles. The molecule has 4 N–H and O–H groups in total. The van der Waals surface area contributed by atoms with Crippen molar-refractivity contribution in [1.29, 1.82) is 0 Å². The summed E-state index contributed by atoms with van der Waals surface area (Å²) in [5, 5.41) is 7.75. The highest BCUT2D eigenvalue weighted by Crippen LogP contribution is 2.16. The van der Waals surface area contributed by atoms with Crippen LogP contribution in [-0.4, -0.2) is 47.4 Å². The predicted octanol–water partition coefficient (Wildman–Crippen LogP) is 1.32. The van der Waals surface area contributed by atoms with Crippen LogP contribution in [-0.2, 0) is 11.3 Å². The molecule has 1 aromatic carbocycles. The van der Waals surface area contributed by atoms with Gasteiger partial charge in [-0.15, -0.1) is 11.8 Å². The Balaban J connectivity index is 1.43. The van der Waals surface area contributed by atoms with Gasteiger partial charge in [-0.1, -0.05) is 24.3 Å². The van der Waals surface area contributed by atoms with Crippen molar-refractivity contribution in [3.8, 4) is 0 Å². The number of fused-ring (bicyclic) bond motifs is 1. The Bertz CT molecular complexity index is 688. The van der Waals surface area contributed by atoms with Crippen LogP contribution in [0.15, 0.2) is 36.4 Å². The summed E-state index contributed by atoms with van der Waals surface area (Å²) >= 11 is 1.71. The van der Waals surface area contributed by atoms with Crippen LogP contribution in [0.2, 0.25) is 0 Å². The molecule has 1 saturated heterocycles. The fraction of sp³-hybridized carbons (Fsp3) is 0.444. The van der Waals surface area contributed by atoms with Crippen molar-refractivity contribution in [2.75, 3.05) is 25.4 Å². The molecule has 0 aliphatic carbocycles. The molecule has 6 heteroatoms. The van der Waals surface area contributed by atoms with Crippen LogP contribution in [0.4, 0.5) is 0 Å². The average molecular weight is 344 g/mol. The highest BCUT2D eigenvalue weighted by Gasteiger charge is 2.25. The van der Waals surface area contributed by atoms with Gasteiger partial charge in [0.25, 0.3) is 0 Å².